The Morgan fingerprint density at radius 2 is 1.79 bits per heavy atom. The van der Waals surface area contributed by atoms with E-state index in [1.165, 1.54) is 6.20 Å². The quantitative estimate of drug-likeness (QED) is 0.311. The minimum Gasteiger partial charge on any atom is -0.436 e. The lowest BCUT2D eigenvalue weighted by molar-refractivity contribution is 0.0385. The molecule has 12 nitrogen and oxygen atoms in total. The van der Waals surface area contributed by atoms with Gasteiger partial charge in [-0.3, -0.25) is 19.5 Å². The van der Waals surface area contributed by atoms with Crippen molar-refractivity contribution in [1.82, 2.24) is 45.3 Å². The van der Waals surface area contributed by atoms with Crippen LogP contribution in [0.4, 0.5) is 8.78 Å². The van der Waals surface area contributed by atoms with E-state index in [4.69, 9.17) is 4.42 Å². The predicted octanol–water partition coefficient (Wildman–Crippen LogP) is 3.18. The number of benzene rings is 2. The van der Waals surface area contributed by atoms with Crippen molar-refractivity contribution in [2.24, 2.45) is 0 Å². The van der Waals surface area contributed by atoms with Crippen LogP contribution in [0.3, 0.4) is 0 Å². The van der Waals surface area contributed by atoms with Gasteiger partial charge >= 0.3 is 6.55 Å². The molecule has 2 amide bonds. The van der Waals surface area contributed by atoms with Crippen molar-refractivity contribution < 1.29 is 22.8 Å². The molecule has 0 bridgehead atoms. The van der Waals surface area contributed by atoms with Gasteiger partial charge in [-0.2, -0.15) is 8.78 Å². The van der Waals surface area contributed by atoms with Crippen molar-refractivity contribution in [3.63, 3.8) is 0 Å². The van der Waals surface area contributed by atoms with Gasteiger partial charge in [0.25, 0.3) is 11.8 Å². The summed E-state index contributed by atoms with van der Waals surface area (Å²) < 4.78 is 32.2. The van der Waals surface area contributed by atoms with E-state index in [1.807, 2.05) is 35.2 Å². The summed E-state index contributed by atoms with van der Waals surface area (Å²) in [5.74, 6) is -0.0245. The van der Waals surface area contributed by atoms with Crippen LogP contribution in [0.15, 0.2) is 71.3 Å². The number of rotatable bonds is 7. The molecule has 0 radical (unpaired) electrons. The van der Waals surface area contributed by atoms with E-state index in [0.717, 1.165) is 5.56 Å². The fraction of sp³-hybridized carbons (Fsp3) is 0.250. The van der Waals surface area contributed by atoms with E-state index < -0.39 is 12.6 Å². The summed E-state index contributed by atoms with van der Waals surface area (Å²) in [6.07, 6.45) is 1.52. The van der Waals surface area contributed by atoms with E-state index in [2.05, 4.69) is 30.7 Å². The number of hydrogen-bond donors (Lipinski definition) is 1. The zero-order valence-corrected chi connectivity index (χ0v) is 22.4. The van der Waals surface area contributed by atoms with Crippen molar-refractivity contribution in [3.05, 3.63) is 89.5 Å². The zero-order valence-electron chi connectivity index (χ0n) is 22.4. The lowest BCUT2D eigenvalue weighted by atomic mass is 10.0. The SMILES string of the molecule is CNC(=O)c1ccc2oc(-c3ccnc(C(=O)N4CCN(C(c5ccccc5)c5nnn(C(F)F)n5)CC4)c3)nc2c1. The van der Waals surface area contributed by atoms with Crippen LogP contribution in [0.25, 0.3) is 22.6 Å². The molecule has 0 spiro atoms. The Hall–Kier alpha value is -5.11. The number of tetrazole rings is 1. The molecule has 6 rings (SSSR count). The number of hydrogen-bond acceptors (Lipinski definition) is 9. The molecule has 4 heterocycles. The Balaban J connectivity index is 1.18. The molecule has 1 aliphatic rings. The molecule has 0 saturated carbocycles. The predicted molar refractivity (Wildman–Crippen MR) is 145 cm³/mol. The maximum atomic E-state index is 13.4. The molecule has 214 valence electrons. The van der Waals surface area contributed by atoms with Crippen LogP contribution in [-0.4, -0.2) is 85.0 Å². The number of alkyl halides is 2. The molecular weight excluding hydrogens is 548 g/mol. The van der Waals surface area contributed by atoms with Gasteiger partial charge in [-0.25, -0.2) is 4.98 Å². The second kappa shape index (κ2) is 11.4. The average molecular weight is 574 g/mol. The van der Waals surface area contributed by atoms with Gasteiger partial charge in [0.1, 0.15) is 11.2 Å². The van der Waals surface area contributed by atoms with Crippen LogP contribution < -0.4 is 5.32 Å². The van der Waals surface area contributed by atoms with Gasteiger partial charge in [0.2, 0.25) is 5.89 Å². The topological polar surface area (TPSA) is 135 Å². The van der Waals surface area contributed by atoms with Crippen molar-refractivity contribution >= 4 is 22.9 Å². The van der Waals surface area contributed by atoms with Crippen molar-refractivity contribution in [2.75, 3.05) is 33.2 Å². The van der Waals surface area contributed by atoms with E-state index in [0.29, 0.717) is 59.1 Å². The largest absolute Gasteiger partial charge is 0.436 e. The second-order valence-corrected chi connectivity index (χ2v) is 9.60. The van der Waals surface area contributed by atoms with E-state index in [1.54, 1.807) is 42.3 Å². The molecule has 14 heteroatoms. The molecule has 1 atom stereocenters. The van der Waals surface area contributed by atoms with Gasteiger partial charge in [0.15, 0.2) is 11.4 Å². The molecule has 2 aromatic carbocycles. The van der Waals surface area contributed by atoms with Crippen molar-refractivity contribution in [3.8, 4) is 11.5 Å². The monoisotopic (exact) mass is 573 g/mol. The number of pyridine rings is 1. The summed E-state index contributed by atoms with van der Waals surface area (Å²) in [6, 6.07) is 17.1. The Kier molecular flexibility index (Phi) is 7.35. The fourth-order valence-electron chi connectivity index (χ4n) is 4.95. The third-order valence-electron chi connectivity index (χ3n) is 7.05. The summed E-state index contributed by atoms with van der Waals surface area (Å²) in [5.41, 5.74) is 3.12. The van der Waals surface area contributed by atoms with E-state index in [9.17, 15) is 18.4 Å². The lowest BCUT2D eigenvalue weighted by Gasteiger charge is -2.38. The number of amides is 2. The molecular formula is C28H25F2N9O3. The Bertz CT molecular complexity index is 1730. The molecule has 1 N–H and O–H groups in total. The van der Waals surface area contributed by atoms with Crippen LogP contribution in [0, 0.1) is 0 Å². The molecule has 5 aromatic rings. The third kappa shape index (κ3) is 5.31. The van der Waals surface area contributed by atoms with Crippen LogP contribution in [0.5, 0.6) is 0 Å². The first-order valence-electron chi connectivity index (χ1n) is 13.2. The summed E-state index contributed by atoms with van der Waals surface area (Å²) in [5, 5.41) is 13.9. The number of carbonyl (C=O) groups excluding carboxylic acids is 2. The number of fused-ring (bicyclic) bond motifs is 1. The first-order valence-corrected chi connectivity index (χ1v) is 13.2. The molecule has 1 aliphatic heterocycles. The smallest absolute Gasteiger partial charge is 0.350 e. The van der Waals surface area contributed by atoms with E-state index >= 15 is 0 Å². The molecule has 42 heavy (non-hydrogen) atoms. The zero-order chi connectivity index (χ0) is 29.2. The minimum absolute atomic E-state index is 0.163. The lowest BCUT2D eigenvalue weighted by Crippen LogP contribution is -2.50. The highest BCUT2D eigenvalue weighted by Crippen LogP contribution is 2.29. The molecule has 1 saturated heterocycles. The maximum Gasteiger partial charge on any atom is 0.350 e. The first kappa shape index (κ1) is 27.1. The van der Waals surface area contributed by atoms with Gasteiger partial charge in [-0.1, -0.05) is 35.1 Å². The highest BCUT2D eigenvalue weighted by Gasteiger charge is 2.32. The van der Waals surface area contributed by atoms with Crippen LogP contribution in [-0.2, 0) is 0 Å². The Labute approximate surface area is 238 Å². The van der Waals surface area contributed by atoms with Gasteiger partial charge in [0, 0.05) is 50.6 Å². The van der Waals surface area contributed by atoms with Crippen molar-refractivity contribution in [2.45, 2.75) is 12.6 Å². The maximum absolute atomic E-state index is 13.4. The molecule has 1 fully saturated rings. The average Bonchev–Trinajstić information content (AvgIpc) is 3.69. The standard InChI is InChI=1S/C28H25F2N9O3/c1-31-25(40)18-7-8-22-20(15-18)33-26(42-22)19-9-10-32-21(16-19)27(41)38-13-11-37(12-14-38)23(17-5-3-2-4-6-17)24-34-36-39(35-24)28(29)30/h2-10,15-16,23,28H,11-14H2,1H3,(H,31,40). The number of aromatic nitrogens is 6. The van der Waals surface area contributed by atoms with Crippen LogP contribution in [0.2, 0.25) is 0 Å². The number of carbonyl (C=O) groups is 2. The molecule has 0 aliphatic carbocycles. The number of halogens is 2. The van der Waals surface area contributed by atoms with Crippen molar-refractivity contribution in [1.29, 1.82) is 0 Å². The molecule has 3 aromatic heterocycles. The highest BCUT2D eigenvalue weighted by molar-refractivity contribution is 5.97. The first-order chi connectivity index (χ1) is 20.4. The summed E-state index contributed by atoms with van der Waals surface area (Å²) in [7, 11) is 1.55. The Morgan fingerprint density at radius 3 is 2.50 bits per heavy atom. The normalized spacial score (nSPS) is 14.8. The third-order valence-corrected chi connectivity index (χ3v) is 7.05. The number of piperazine rings is 1. The summed E-state index contributed by atoms with van der Waals surface area (Å²) in [6.45, 7) is -1.24. The van der Waals surface area contributed by atoms with Gasteiger partial charge in [-0.15, -0.1) is 10.2 Å². The van der Waals surface area contributed by atoms with Crippen LogP contribution in [0.1, 0.15) is 44.8 Å². The van der Waals surface area contributed by atoms with E-state index in [-0.39, 0.29) is 23.3 Å². The molecule has 1 unspecified atom stereocenters. The number of nitrogens with one attached hydrogen (secondary N) is 1. The van der Waals surface area contributed by atoms with Gasteiger partial charge < -0.3 is 14.6 Å². The number of oxazole rings is 1. The summed E-state index contributed by atoms with van der Waals surface area (Å²) >= 11 is 0. The summed E-state index contributed by atoms with van der Waals surface area (Å²) in [4.78, 5) is 38.2. The number of nitrogens with zero attached hydrogens (tertiary/aromatic N) is 8. The minimum atomic E-state index is -2.89. The van der Waals surface area contributed by atoms with Gasteiger partial charge in [0.05, 0.1) is 6.04 Å². The fourth-order valence-corrected chi connectivity index (χ4v) is 4.95. The van der Waals surface area contributed by atoms with Crippen LogP contribution >= 0.6 is 0 Å². The van der Waals surface area contributed by atoms with Gasteiger partial charge in [-0.05, 0) is 41.1 Å². The highest BCUT2D eigenvalue weighted by atomic mass is 19.3. The Morgan fingerprint density at radius 1 is 1.00 bits per heavy atom. The second-order valence-electron chi connectivity index (χ2n) is 9.60.